The average Bonchev–Trinajstić information content (AvgIpc) is 1.86. The van der Waals surface area contributed by atoms with Gasteiger partial charge in [0.1, 0.15) is 0 Å². The zero-order valence-electron chi connectivity index (χ0n) is 6.71. The van der Waals surface area contributed by atoms with Crippen LogP contribution in [0.1, 0.15) is 13.8 Å². The van der Waals surface area contributed by atoms with Crippen molar-refractivity contribution in [1.82, 2.24) is 4.90 Å². The minimum Gasteiger partial charge on any atom is -0.341 e. The third kappa shape index (κ3) is 4.13. The van der Waals surface area contributed by atoms with Gasteiger partial charge in [-0.05, 0) is 5.92 Å². The summed E-state index contributed by atoms with van der Waals surface area (Å²) in [5, 5.41) is 0. The number of hydrogen-bond acceptors (Lipinski definition) is 1. The Morgan fingerprint density at radius 1 is 1.60 bits per heavy atom. The molecule has 0 fully saturated rings. The summed E-state index contributed by atoms with van der Waals surface area (Å²) in [4.78, 5) is 12.0. The first-order valence-corrected chi connectivity index (χ1v) is 3.51. The predicted molar refractivity (Wildman–Crippen MR) is 42.7 cm³/mol. The Morgan fingerprint density at radius 3 is 2.50 bits per heavy atom. The van der Waals surface area contributed by atoms with Crippen LogP contribution >= 0.6 is 0 Å². The number of hydrogen-bond donors (Lipinski definition) is 0. The maximum absolute atomic E-state index is 10.3. The Labute approximate surface area is 62.5 Å². The van der Waals surface area contributed by atoms with Gasteiger partial charge in [0.2, 0.25) is 6.41 Å². The van der Waals surface area contributed by atoms with E-state index in [1.807, 2.05) is 0 Å². The maximum atomic E-state index is 10.3. The molecule has 0 aromatic heterocycles. The van der Waals surface area contributed by atoms with Gasteiger partial charge in [-0.25, -0.2) is 0 Å². The topological polar surface area (TPSA) is 20.3 Å². The second-order valence-electron chi connectivity index (χ2n) is 2.74. The standard InChI is InChI=1S/C8H15NO/c1-4-5-9(7-10)6-8(2)3/h4,7-8H,1,5-6H2,2-3H3. The number of nitrogens with zero attached hydrogens (tertiary/aromatic N) is 1. The summed E-state index contributed by atoms with van der Waals surface area (Å²) in [6, 6.07) is 0. The summed E-state index contributed by atoms with van der Waals surface area (Å²) in [7, 11) is 0. The molecule has 0 aromatic carbocycles. The number of amides is 1. The number of carbonyl (C=O) groups is 1. The highest BCUT2D eigenvalue weighted by atomic mass is 16.1. The lowest BCUT2D eigenvalue weighted by Gasteiger charge is -2.16. The van der Waals surface area contributed by atoms with Crippen LogP contribution < -0.4 is 0 Å². The van der Waals surface area contributed by atoms with Crippen LogP contribution in [0.5, 0.6) is 0 Å². The van der Waals surface area contributed by atoms with E-state index in [4.69, 9.17) is 0 Å². The fraction of sp³-hybridized carbons (Fsp3) is 0.625. The van der Waals surface area contributed by atoms with Crippen LogP contribution in [0.4, 0.5) is 0 Å². The molecule has 0 spiro atoms. The quantitative estimate of drug-likeness (QED) is 0.417. The normalized spacial score (nSPS) is 9.50. The van der Waals surface area contributed by atoms with E-state index in [1.165, 1.54) is 0 Å². The minimum absolute atomic E-state index is 0.533. The molecule has 0 bridgehead atoms. The van der Waals surface area contributed by atoms with Crippen molar-refractivity contribution in [2.45, 2.75) is 13.8 Å². The molecule has 2 nitrogen and oxygen atoms in total. The van der Waals surface area contributed by atoms with E-state index in [0.29, 0.717) is 12.5 Å². The minimum atomic E-state index is 0.533. The SMILES string of the molecule is C=CCN(C=O)CC(C)C. The van der Waals surface area contributed by atoms with Gasteiger partial charge in [0.05, 0.1) is 0 Å². The van der Waals surface area contributed by atoms with Gasteiger partial charge in [-0.2, -0.15) is 0 Å². The van der Waals surface area contributed by atoms with Crippen molar-refractivity contribution in [2.24, 2.45) is 5.92 Å². The molecule has 0 heterocycles. The molecule has 0 aliphatic heterocycles. The van der Waals surface area contributed by atoms with E-state index in [0.717, 1.165) is 13.0 Å². The molecule has 0 aliphatic rings. The zero-order chi connectivity index (χ0) is 7.98. The Balaban J connectivity index is 3.59. The van der Waals surface area contributed by atoms with Crippen molar-refractivity contribution in [3.8, 4) is 0 Å². The van der Waals surface area contributed by atoms with E-state index < -0.39 is 0 Å². The molecule has 0 atom stereocenters. The highest BCUT2D eigenvalue weighted by molar-refractivity contribution is 5.47. The summed E-state index contributed by atoms with van der Waals surface area (Å²) in [5.74, 6) is 0.533. The van der Waals surface area contributed by atoms with Crippen molar-refractivity contribution in [3.63, 3.8) is 0 Å². The van der Waals surface area contributed by atoms with Crippen molar-refractivity contribution < 1.29 is 4.79 Å². The molecular formula is C8H15NO. The zero-order valence-corrected chi connectivity index (χ0v) is 6.71. The molecule has 10 heavy (non-hydrogen) atoms. The van der Waals surface area contributed by atoms with Crippen LogP contribution in [0.2, 0.25) is 0 Å². The molecule has 0 radical (unpaired) electrons. The fourth-order valence-corrected chi connectivity index (χ4v) is 0.795. The lowest BCUT2D eigenvalue weighted by Crippen LogP contribution is -2.26. The van der Waals surface area contributed by atoms with Gasteiger partial charge >= 0.3 is 0 Å². The molecule has 2 heteroatoms. The molecule has 0 rings (SSSR count). The second kappa shape index (κ2) is 5.03. The number of carbonyl (C=O) groups excluding carboxylic acids is 1. The van der Waals surface area contributed by atoms with E-state index >= 15 is 0 Å². The van der Waals surface area contributed by atoms with Gasteiger partial charge in [0, 0.05) is 13.1 Å². The van der Waals surface area contributed by atoms with E-state index in [-0.39, 0.29) is 0 Å². The fourth-order valence-electron chi connectivity index (χ4n) is 0.795. The third-order valence-electron chi connectivity index (χ3n) is 1.11. The Bertz CT molecular complexity index is 110. The van der Waals surface area contributed by atoms with Gasteiger partial charge in [-0.1, -0.05) is 19.9 Å². The highest BCUT2D eigenvalue weighted by Crippen LogP contribution is 1.94. The van der Waals surface area contributed by atoms with Gasteiger partial charge in [-0.15, -0.1) is 6.58 Å². The molecule has 1 amide bonds. The highest BCUT2D eigenvalue weighted by Gasteiger charge is 2.00. The lowest BCUT2D eigenvalue weighted by molar-refractivity contribution is -0.118. The van der Waals surface area contributed by atoms with Crippen LogP contribution in [0.15, 0.2) is 12.7 Å². The summed E-state index contributed by atoms with van der Waals surface area (Å²) in [6.45, 7) is 9.19. The Hall–Kier alpha value is -0.790. The van der Waals surface area contributed by atoms with E-state index in [2.05, 4.69) is 20.4 Å². The summed E-state index contributed by atoms with van der Waals surface area (Å²) in [6.07, 6.45) is 2.60. The number of rotatable bonds is 5. The van der Waals surface area contributed by atoms with Crippen molar-refractivity contribution in [1.29, 1.82) is 0 Å². The van der Waals surface area contributed by atoms with Crippen LogP contribution in [0.3, 0.4) is 0 Å². The molecule has 0 aromatic rings. The van der Waals surface area contributed by atoms with E-state index in [1.54, 1.807) is 11.0 Å². The summed E-state index contributed by atoms with van der Waals surface area (Å²) in [5.41, 5.74) is 0. The predicted octanol–water partition coefficient (Wildman–Crippen LogP) is 1.29. The first-order valence-electron chi connectivity index (χ1n) is 3.51. The van der Waals surface area contributed by atoms with Crippen LogP contribution in [-0.2, 0) is 4.79 Å². The van der Waals surface area contributed by atoms with Crippen molar-refractivity contribution >= 4 is 6.41 Å². The smallest absolute Gasteiger partial charge is 0.209 e. The second-order valence-corrected chi connectivity index (χ2v) is 2.74. The van der Waals surface area contributed by atoms with Crippen molar-refractivity contribution in [3.05, 3.63) is 12.7 Å². The largest absolute Gasteiger partial charge is 0.341 e. The summed E-state index contributed by atoms with van der Waals surface area (Å²) < 4.78 is 0. The Kier molecular flexibility index (Phi) is 4.63. The molecule has 58 valence electrons. The molecule has 0 N–H and O–H groups in total. The maximum Gasteiger partial charge on any atom is 0.209 e. The van der Waals surface area contributed by atoms with Crippen molar-refractivity contribution in [2.75, 3.05) is 13.1 Å². The molecule has 0 saturated carbocycles. The Morgan fingerprint density at radius 2 is 2.20 bits per heavy atom. The van der Waals surface area contributed by atoms with Gasteiger partial charge < -0.3 is 4.90 Å². The van der Waals surface area contributed by atoms with Crippen LogP contribution in [0, 0.1) is 5.92 Å². The lowest BCUT2D eigenvalue weighted by atomic mass is 10.2. The van der Waals surface area contributed by atoms with Gasteiger partial charge in [-0.3, -0.25) is 4.79 Å². The first kappa shape index (κ1) is 9.21. The monoisotopic (exact) mass is 141 g/mol. The summed E-state index contributed by atoms with van der Waals surface area (Å²) >= 11 is 0. The van der Waals surface area contributed by atoms with Gasteiger partial charge in [0.15, 0.2) is 0 Å². The molecular weight excluding hydrogens is 126 g/mol. The molecule has 0 unspecified atom stereocenters. The van der Waals surface area contributed by atoms with Crippen LogP contribution in [-0.4, -0.2) is 24.4 Å². The van der Waals surface area contributed by atoms with Gasteiger partial charge in [0.25, 0.3) is 0 Å². The first-order chi connectivity index (χ1) is 4.70. The molecule has 0 aliphatic carbocycles. The third-order valence-corrected chi connectivity index (χ3v) is 1.11. The van der Waals surface area contributed by atoms with Crippen LogP contribution in [0.25, 0.3) is 0 Å². The molecule has 0 saturated heterocycles. The van der Waals surface area contributed by atoms with E-state index in [9.17, 15) is 4.79 Å². The average molecular weight is 141 g/mol.